The van der Waals surface area contributed by atoms with Crippen LogP contribution in [0.4, 0.5) is 5.82 Å². The molecule has 30 heavy (non-hydrogen) atoms. The van der Waals surface area contributed by atoms with Gasteiger partial charge < -0.3 is 15.0 Å². The fraction of sp³-hybridized carbons (Fsp3) is 0.400. The smallest absolute Gasteiger partial charge is 0.262 e. The number of hydrogen-bond acceptors (Lipinski definition) is 7. The molecule has 1 saturated heterocycles. The topological polar surface area (TPSA) is 110 Å². The Morgan fingerprint density at radius 1 is 1.17 bits per heavy atom. The zero-order valence-electron chi connectivity index (χ0n) is 17.2. The zero-order chi connectivity index (χ0) is 21.7. The van der Waals surface area contributed by atoms with Crippen molar-refractivity contribution in [1.82, 2.24) is 15.2 Å². The monoisotopic (exact) mass is 434 g/mol. The van der Waals surface area contributed by atoms with Gasteiger partial charge in [0.15, 0.2) is 0 Å². The largest absolute Gasteiger partial charge is 0.372 e. The summed E-state index contributed by atoms with van der Waals surface area (Å²) in [6.45, 7) is 5.98. The molecule has 1 fully saturated rings. The minimum absolute atomic E-state index is 0.00689. The van der Waals surface area contributed by atoms with Crippen LogP contribution >= 0.6 is 0 Å². The maximum atomic E-state index is 12.3. The van der Waals surface area contributed by atoms with Crippen LogP contribution in [-0.4, -0.2) is 51.7 Å². The Labute approximate surface area is 176 Å². The van der Waals surface area contributed by atoms with Gasteiger partial charge in [-0.3, -0.25) is 9.63 Å². The summed E-state index contributed by atoms with van der Waals surface area (Å²) in [5.41, 5.74) is 1.22. The lowest BCUT2D eigenvalue weighted by Crippen LogP contribution is -2.45. The van der Waals surface area contributed by atoms with Crippen molar-refractivity contribution in [2.75, 3.05) is 25.1 Å². The van der Waals surface area contributed by atoms with Crippen LogP contribution in [0.2, 0.25) is 0 Å². The SMILES string of the molecule is CONS(=O)(=O)c1ccc(C(=O)NCc2ccc(N3C[C@@H](C)O[C@@H](C)C3)nc2)cc1. The Hall–Kier alpha value is -2.53. The van der Waals surface area contributed by atoms with E-state index < -0.39 is 10.0 Å². The van der Waals surface area contributed by atoms with E-state index in [1.54, 1.807) is 6.20 Å². The van der Waals surface area contributed by atoms with Gasteiger partial charge in [-0.2, -0.15) is 0 Å². The van der Waals surface area contributed by atoms with Crippen molar-refractivity contribution in [3.05, 3.63) is 53.7 Å². The second-order valence-electron chi connectivity index (χ2n) is 7.18. The van der Waals surface area contributed by atoms with Gasteiger partial charge in [0.2, 0.25) is 0 Å². The molecule has 2 N–H and O–H groups in total. The molecule has 1 amide bonds. The molecule has 0 bridgehead atoms. The molecule has 1 aliphatic rings. The number of nitrogens with zero attached hydrogens (tertiary/aromatic N) is 2. The molecule has 162 valence electrons. The van der Waals surface area contributed by atoms with Gasteiger partial charge in [-0.05, 0) is 49.7 Å². The molecule has 0 spiro atoms. The number of carbonyl (C=O) groups is 1. The Kier molecular flexibility index (Phi) is 7.03. The number of rotatable bonds is 7. The third-order valence-electron chi connectivity index (χ3n) is 4.63. The molecule has 1 aromatic carbocycles. The number of hydrogen-bond donors (Lipinski definition) is 2. The van der Waals surface area contributed by atoms with Gasteiger partial charge in [0.1, 0.15) is 5.82 Å². The molecule has 2 heterocycles. The zero-order valence-corrected chi connectivity index (χ0v) is 18.0. The number of benzene rings is 1. The van der Waals surface area contributed by atoms with E-state index in [1.165, 1.54) is 31.4 Å². The summed E-state index contributed by atoms with van der Waals surface area (Å²) in [6.07, 6.45) is 2.05. The average molecular weight is 435 g/mol. The van der Waals surface area contributed by atoms with Crippen LogP contribution in [0.3, 0.4) is 0 Å². The first kappa shape index (κ1) is 22.2. The molecule has 9 nitrogen and oxygen atoms in total. The van der Waals surface area contributed by atoms with Crippen LogP contribution in [0.5, 0.6) is 0 Å². The number of pyridine rings is 1. The lowest BCUT2D eigenvalue weighted by molar-refractivity contribution is -0.00546. The van der Waals surface area contributed by atoms with E-state index in [2.05, 4.69) is 20.0 Å². The lowest BCUT2D eigenvalue weighted by Gasteiger charge is -2.36. The molecule has 3 rings (SSSR count). The van der Waals surface area contributed by atoms with Crippen molar-refractivity contribution in [3.8, 4) is 0 Å². The Balaban J connectivity index is 1.57. The van der Waals surface area contributed by atoms with E-state index in [-0.39, 0.29) is 23.0 Å². The number of carbonyl (C=O) groups excluding carboxylic acids is 1. The van der Waals surface area contributed by atoms with Gasteiger partial charge in [0.05, 0.1) is 24.2 Å². The van der Waals surface area contributed by atoms with Crippen molar-refractivity contribution in [1.29, 1.82) is 0 Å². The number of anilines is 1. The Bertz CT molecular complexity index is 954. The molecule has 10 heteroatoms. The molecule has 0 unspecified atom stereocenters. The number of nitrogens with one attached hydrogen (secondary N) is 2. The summed E-state index contributed by atoms with van der Waals surface area (Å²) < 4.78 is 29.4. The van der Waals surface area contributed by atoms with Crippen molar-refractivity contribution in [3.63, 3.8) is 0 Å². The highest BCUT2D eigenvalue weighted by molar-refractivity contribution is 7.89. The van der Waals surface area contributed by atoms with E-state index in [9.17, 15) is 13.2 Å². The average Bonchev–Trinajstić information content (AvgIpc) is 2.72. The maximum absolute atomic E-state index is 12.3. The number of amides is 1. The maximum Gasteiger partial charge on any atom is 0.262 e. The van der Waals surface area contributed by atoms with Gasteiger partial charge >= 0.3 is 0 Å². The highest BCUT2D eigenvalue weighted by atomic mass is 32.2. The number of morpholine rings is 1. The fourth-order valence-electron chi connectivity index (χ4n) is 3.30. The quantitative estimate of drug-likeness (QED) is 0.635. The summed E-state index contributed by atoms with van der Waals surface area (Å²) in [6, 6.07) is 9.45. The summed E-state index contributed by atoms with van der Waals surface area (Å²) in [5, 5.41) is 2.81. The molecule has 0 aliphatic carbocycles. The first-order valence-electron chi connectivity index (χ1n) is 9.57. The number of aromatic nitrogens is 1. The second-order valence-corrected chi connectivity index (χ2v) is 8.83. The molecule has 1 aromatic heterocycles. The van der Waals surface area contributed by atoms with Crippen LogP contribution in [-0.2, 0) is 26.1 Å². The van der Waals surface area contributed by atoms with E-state index in [1.807, 2.05) is 30.9 Å². The standard InChI is InChI=1S/C20H26N4O5S/c1-14-12-24(13-15(2)29-14)19-9-4-16(10-21-19)11-22-20(25)17-5-7-18(8-6-17)30(26,27)23-28-3/h4-10,14-15,23H,11-13H2,1-3H3,(H,22,25)/t14-,15+. The van der Waals surface area contributed by atoms with E-state index in [4.69, 9.17) is 4.74 Å². The first-order chi connectivity index (χ1) is 14.3. The van der Waals surface area contributed by atoms with Gasteiger partial charge in [0.25, 0.3) is 15.9 Å². The Morgan fingerprint density at radius 2 is 1.83 bits per heavy atom. The first-order valence-corrected chi connectivity index (χ1v) is 11.0. The molecule has 0 saturated carbocycles. The van der Waals surface area contributed by atoms with Crippen molar-refractivity contribution in [2.45, 2.75) is 37.5 Å². The lowest BCUT2D eigenvalue weighted by atomic mass is 10.2. The summed E-state index contributed by atoms with van der Waals surface area (Å²) in [5.74, 6) is 0.576. The van der Waals surface area contributed by atoms with Crippen molar-refractivity contribution < 1.29 is 22.8 Å². The normalized spacial score (nSPS) is 19.5. The van der Waals surface area contributed by atoms with Gasteiger partial charge in [-0.15, -0.1) is 0 Å². The van der Waals surface area contributed by atoms with Crippen LogP contribution in [0.15, 0.2) is 47.5 Å². The second kappa shape index (κ2) is 9.52. The van der Waals surface area contributed by atoms with Gasteiger partial charge in [0, 0.05) is 31.4 Å². The molecule has 1 aliphatic heterocycles. The van der Waals surface area contributed by atoms with Gasteiger partial charge in [-0.1, -0.05) is 11.0 Å². The molecule has 0 radical (unpaired) electrons. The molecular weight excluding hydrogens is 408 g/mol. The number of ether oxygens (including phenoxy) is 1. The van der Waals surface area contributed by atoms with Crippen LogP contribution in [0.1, 0.15) is 29.8 Å². The fourth-order valence-corrected chi connectivity index (χ4v) is 4.11. The van der Waals surface area contributed by atoms with Gasteiger partial charge in [-0.25, -0.2) is 13.4 Å². The summed E-state index contributed by atoms with van der Waals surface area (Å²) >= 11 is 0. The van der Waals surface area contributed by atoms with Crippen LogP contribution in [0, 0.1) is 0 Å². The third kappa shape index (κ3) is 5.54. The summed E-state index contributed by atoms with van der Waals surface area (Å²) in [7, 11) is -2.54. The number of sulfonamides is 1. The highest BCUT2D eigenvalue weighted by Crippen LogP contribution is 2.18. The van der Waals surface area contributed by atoms with Crippen molar-refractivity contribution >= 4 is 21.7 Å². The highest BCUT2D eigenvalue weighted by Gasteiger charge is 2.23. The third-order valence-corrected chi connectivity index (χ3v) is 5.90. The van der Waals surface area contributed by atoms with E-state index in [0.29, 0.717) is 12.1 Å². The minimum Gasteiger partial charge on any atom is -0.372 e. The predicted molar refractivity (Wildman–Crippen MR) is 111 cm³/mol. The van der Waals surface area contributed by atoms with Crippen LogP contribution in [0.25, 0.3) is 0 Å². The summed E-state index contributed by atoms with van der Waals surface area (Å²) in [4.78, 5) is 25.4. The molecular formula is C20H26N4O5S. The van der Waals surface area contributed by atoms with E-state index in [0.717, 1.165) is 24.5 Å². The minimum atomic E-state index is -3.75. The molecule has 2 atom stereocenters. The van der Waals surface area contributed by atoms with E-state index >= 15 is 0 Å². The van der Waals surface area contributed by atoms with Crippen molar-refractivity contribution in [2.24, 2.45) is 0 Å². The Morgan fingerprint density at radius 3 is 2.40 bits per heavy atom. The predicted octanol–water partition coefficient (Wildman–Crippen LogP) is 1.46. The van der Waals surface area contributed by atoms with Crippen LogP contribution < -0.4 is 15.1 Å². The molecule has 2 aromatic rings.